The van der Waals surface area contributed by atoms with E-state index in [2.05, 4.69) is 10.6 Å². The first-order valence-electron chi connectivity index (χ1n) is 10.5. The molecule has 8 heteroatoms. The molecule has 0 saturated heterocycles. The fourth-order valence-electron chi connectivity index (χ4n) is 2.76. The largest absolute Gasteiger partial charge is 0.467 e. The number of amides is 2. The van der Waals surface area contributed by atoms with Gasteiger partial charge in [-0.1, -0.05) is 44.2 Å². The second kappa shape index (κ2) is 12.9. The summed E-state index contributed by atoms with van der Waals surface area (Å²) in [5, 5.41) is 5.47. The minimum Gasteiger partial charge on any atom is -0.467 e. The van der Waals surface area contributed by atoms with Crippen LogP contribution in [-0.2, 0) is 30.4 Å². The zero-order chi connectivity index (χ0) is 23.4. The summed E-state index contributed by atoms with van der Waals surface area (Å²) < 4.78 is 15.6. The van der Waals surface area contributed by atoms with Crippen molar-refractivity contribution < 1.29 is 28.6 Å². The summed E-state index contributed by atoms with van der Waals surface area (Å²) in [4.78, 5) is 36.5. The van der Waals surface area contributed by atoms with Gasteiger partial charge >= 0.3 is 12.1 Å². The molecule has 174 valence electrons. The van der Waals surface area contributed by atoms with Gasteiger partial charge in [0.05, 0.1) is 20.3 Å². The number of esters is 1. The molecule has 0 spiro atoms. The molecule has 8 nitrogen and oxygen atoms in total. The summed E-state index contributed by atoms with van der Waals surface area (Å²) in [6.07, 6.45) is 0.0140. The number of methoxy groups -OCH3 is 1. The maximum absolute atomic E-state index is 12.4. The van der Waals surface area contributed by atoms with E-state index in [-0.39, 0.29) is 30.9 Å². The van der Waals surface area contributed by atoms with Crippen molar-refractivity contribution in [2.45, 2.75) is 71.8 Å². The molecule has 1 aromatic rings. The molecule has 0 bridgehead atoms. The highest BCUT2D eigenvalue weighted by atomic mass is 16.6. The first-order valence-corrected chi connectivity index (χ1v) is 10.5. The van der Waals surface area contributed by atoms with Crippen LogP contribution in [0, 0.1) is 5.92 Å². The highest BCUT2D eigenvalue weighted by Crippen LogP contribution is 2.12. The predicted octanol–water partition coefficient (Wildman–Crippen LogP) is 3.19. The van der Waals surface area contributed by atoms with Gasteiger partial charge in [-0.15, -0.1) is 0 Å². The van der Waals surface area contributed by atoms with E-state index in [9.17, 15) is 14.4 Å². The molecule has 0 aliphatic rings. The van der Waals surface area contributed by atoms with Crippen LogP contribution in [0.25, 0.3) is 0 Å². The number of carbonyl (C=O) groups excluding carboxylic acids is 3. The number of hydrogen-bond donors (Lipinski definition) is 2. The average Bonchev–Trinajstić information content (AvgIpc) is 2.69. The van der Waals surface area contributed by atoms with Crippen LogP contribution in [0.15, 0.2) is 30.3 Å². The van der Waals surface area contributed by atoms with E-state index in [4.69, 9.17) is 14.2 Å². The highest BCUT2D eigenvalue weighted by molar-refractivity contribution is 5.84. The maximum atomic E-state index is 12.4. The summed E-state index contributed by atoms with van der Waals surface area (Å²) in [6, 6.07) is 8.38. The topological polar surface area (TPSA) is 103 Å². The van der Waals surface area contributed by atoms with Crippen molar-refractivity contribution in [3.63, 3.8) is 0 Å². The molecule has 1 rings (SSSR count). The molecule has 0 saturated carbocycles. The molecular weight excluding hydrogens is 400 g/mol. The maximum Gasteiger partial charge on any atom is 0.407 e. The molecular formula is C23H36N2O6. The van der Waals surface area contributed by atoms with Gasteiger partial charge in [-0.05, 0) is 38.7 Å². The van der Waals surface area contributed by atoms with Crippen LogP contribution in [0.4, 0.5) is 4.79 Å². The van der Waals surface area contributed by atoms with E-state index in [1.54, 1.807) is 20.8 Å². The smallest absolute Gasteiger partial charge is 0.407 e. The third kappa shape index (κ3) is 11.4. The van der Waals surface area contributed by atoms with Crippen molar-refractivity contribution >= 4 is 18.0 Å². The van der Waals surface area contributed by atoms with Crippen molar-refractivity contribution in [3.8, 4) is 0 Å². The monoisotopic (exact) mass is 436 g/mol. The molecule has 0 radical (unpaired) electrons. The Kier molecular flexibility index (Phi) is 11.0. The Hall–Kier alpha value is -2.61. The van der Waals surface area contributed by atoms with Gasteiger partial charge in [-0.2, -0.15) is 0 Å². The number of ether oxygens (including phenoxy) is 3. The number of nitrogens with one attached hydrogen (secondary N) is 2. The van der Waals surface area contributed by atoms with Crippen LogP contribution in [0.5, 0.6) is 0 Å². The molecule has 0 aliphatic carbocycles. The Morgan fingerprint density at radius 1 is 1.03 bits per heavy atom. The van der Waals surface area contributed by atoms with Crippen molar-refractivity contribution in [1.82, 2.24) is 10.6 Å². The molecule has 2 amide bonds. The van der Waals surface area contributed by atoms with Gasteiger partial charge in [0, 0.05) is 12.5 Å². The van der Waals surface area contributed by atoms with Gasteiger partial charge < -0.3 is 24.8 Å². The van der Waals surface area contributed by atoms with Crippen LogP contribution in [-0.4, -0.2) is 49.4 Å². The summed E-state index contributed by atoms with van der Waals surface area (Å²) in [7, 11) is 1.26. The minimum atomic E-state index is -0.905. The molecule has 0 heterocycles. The zero-order valence-electron chi connectivity index (χ0n) is 19.4. The third-order valence-corrected chi connectivity index (χ3v) is 4.41. The van der Waals surface area contributed by atoms with E-state index in [0.717, 1.165) is 5.56 Å². The van der Waals surface area contributed by atoms with Gasteiger partial charge in [-0.25, -0.2) is 9.59 Å². The molecule has 1 aromatic carbocycles. The van der Waals surface area contributed by atoms with Crippen LogP contribution in [0.2, 0.25) is 0 Å². The molecule has 0 aliphatic heterocycles. The summed E-state index contributed by atoms with van der Waals surface area (Å²) in [6.45, 7) is 9.59. The lowest BCUT2D eigenvalue weighted by atomic mass is 9.99. The normalized spacial score (nSPS) is 13.3. The standard InChI is InChI=1S/C23H36N2O6/c1-16(2)18(25-22(28)31-23(3,4)5)12-13-20(26)24-19(21(27)29-6)15-30-14-17-10-8-7-9-11-17/h7-11,16,18-19H,12-15H2,1-6H3,(H,24,26)(H,25,28)/t18-,19-/m0/s1. The van der Waals surface area contributed by atoms with Crippen molar-refractivity contribution in [1.29, 1.82) is 0 Å². The number of benzene rings is 1. The molecule has 0 fully saturated rings. The van der Waals surface area contributed by atoms with Gasteiger partial charge in [0.2, 0.25) is 5.91 Å². The first kappa shape index (κ1) is 26.4. The quantitative estimate of drug-likeness (QED) is 0.517. The lowest BCUT2D eigenvalue weighted by Crippen LogP contribution is -2.46. The van der Waals surface area contributed by atoms with Crippen molar-refractivity contribution in [3.05, 3.63) is 35.9 Å². The number of alkyl carbamates (subject to hydrolysis) is 1. The predicted molar refractivity (Wildman–Crippen MR) is 117 cm³/mol. The van der Waals surface area contributed by atoms with Crippen LogP contribution >= 0.6 is 0 Å². The van der Waals surface area contributed by atoms with Crippen LogP contribution in [0.1, 0.15) is 53.0 Å². The zero-order valence-corrected chi connectivity index (χ0v) is 19.4. The number of rotatable bonds is 11. The molecule has 2 atom stereocenters. The number of hydrogen-bond acceptors (Lipinski definition) is 6. The second-order valence-electron chi connectivity index (χ2n) is 8.68. The fraction of sp³-hybridized carbons (Fsp3) is 0.609. The number of carbonyl (C=O) groups is 3. The van der Waals surface area contributed by atoms with Gasteiger partial charge in [0.15, 0.2) is 6.04 Å². The Morgan fingerprint density at radius 2 is 1.68 bits per heavy atom. The van der Waals surface area contributed by atoms with E-state index < -0.39 is 23.7 Å². The first-order chi connectivity index (χ1) is 14.5. The van der Waals surface area contributed by atoms with Crippen molar-refractivity contribution in [2.24, 2.45) is 5.92 Å². The lowest BCUT2D eigenvalue weighted by molar-refractivity contribution is -0.147. The second-order valence-corrected chi connectivity index (χ2v) is 8.68. The Morgan fingerprint density at radius 3 is 2.23 bits per heavy atom. The minimum absolute atomic E-state index is 0.00290. The third-order valence-electron chi connectivity index (χ3n) is 4.41. The van der Waals surface area contributed by atoms with Crippen molar-refractivity contribution in [2.75, 3.05) is 13.7 Å². The van der Waals surface area contributed by atoms with E-state index in [1.807, 2.05) is 44.2 Å². The molecule has 0 unspecified atom stereocenters. The van der Waals surface area contributed by atoms with E-state index in [0.29, 0.717) is 13.0 Å². The fourth-order valence-corrected chi connectivity index (χ4v) is 2.76. The van der Waals surface area contributed by atoms with Gasteiger partial charge in [0.1, 0.15) is 5.60 Å². The van der Waals surface area contributed by atoms with Crippen LogP contribution in [0.3, 0.4) is 0 Å². The Labute approximate surface area is 185 Å². The molecule has 2 N–H and O–H groups in total. The SMILES string of the molecule is COC(=O)[C@H](COCc1ccccc1)NC(=O)CC[C@H](NC(=O)OC(C)(C)C)C(C)C. The van der Waals surface area contributed by atoms with E-state index >= 15 is 0 Å². The summed E-state index contributed by atoms with van der Waals surface area (Å²) >= 11 is 0. The average molecular weight is 437 g/mol. The van der Waals surface area contributed by atoms with Gasteiger partial charge in [-0.3, -0.25) is 4.79 Å². The summed E-state index contributed by atoms with van der Waals surface area (Å²) in [5.41, 5.74) is 0.363. The van der Waals surface area contributed by atoms with E-state index in [1.165, 1.54) is 7.11 Å². The highest BCUT2D eigenvalue weighted by Gasteiger charge is 2.25. The van der Waals surface area contributed by atoms with Gasteiger partial charge in [0.25, 0.3) is 0 Å². The molecule has 0 aromatic heterocycles. The Bertz CT molecular complexity index is 700. The molecule has 31 heavy (non-hydrogen) atoms. The Balaban J connectivity index is 2.54. The van der Waals surface area contributed by atoms with Crippen LogP contribution < -0.4 is 10.6 Å². The summed E-state index contributed by atoms with van der Waals surface area (Å²) in [5.74, 6) is -0.796. The lowest BCUT2D eigenvalue weighted by Gasteiger charge is -2.26.